The quantitative estimate of drug-likeness (QED) is 0.640. The minimum Gasteiger partial charge on any atom is -0.454 e. The highest BCUT2D eigenvalue weighted by Gasteiger charge is 2.47. The number of ether oxygens (including phenoxy) is 4. The van der Waals surface area contributed by atoms with Crippen molar-refractivity contribution in [3.8, 4) is 11.5 Å². The lowest BCUT2D eigenvalue weighted by Crippen LogP contribution is -2.55. The molecule has 0 radical (unpaired) electrons. The molecule has 29 heavy (non-hydrogen) atoms. The lowest BCUT2D eigenvalue weighted by Gasteiger charge is -2.43. The summed E-state index contributed by atoms with van der Waals surface area (Å²) in [5.41, 5.74) is -1.16. The molecule has 1 amide bonds. The fraction of sp³-hybridized carbons (Fsp3) is 0.571. The van der Waals surface area contributed by atoms with Gasteiger partial charge in [0, 0.05) is 20.1 Å². The SMILES string of the molecule is CO[C@H]1C=C[C@](c2ccc3c(c2)OCO3)([C@@H](O)CNC(=O)OC(C)(C)C)[C@@H](O)C1. The first-order valence-electron chi connectivity index (χ1n) is 9.61. The Hall–Kier alpha value is -2.29. The van der Waals surface area contributed by atoms with Gasteiger partial charge < -0.3 is 34.5 Å². The second kappa shape index (κ2) is 8.22. The maximum absolute atomic E-state index is 12.0. The van der Waals surface area contributed by atoms with Crippen LogP contribution in [-0.4, -0.2) is 60.7 Å². The molecule has 4 atom stereocenters. The Balaban J connectivity index is 1.88. The number of rotatable bonds is 5. The zero-order chi connectivity index (χ0) is 21.2. The van der Waals surface area contributed by atoms with E-state index in [1.807, 2.05) is 6.08 Å². The van der Waals surface area contributed by atoms with Crippen LogP contribution >= 0.6 is 0 Å². The molecular formula is C21H29NO7. The number of hydrogen-bond donors (Lipinski definition) is 3. The summed E-state index contributed by atoms with van der Waals surface area (Å²) in [6.45, 7) is 5.29. The van der Waals surface area contributed by atoms with Crippen molar-refractivity contribution in [1.29, 1.82) is 0 Å². The average Bonchev–Trinajstić information content (AvgIpc) is 3.12. The van der Waals surface area contributed by atoms with Crippen molar-refractivity contribution in [2.24, 2.45) is 0 Å². The molecule has 8 nitrogen and oxygen atoms in total. The van der Waals surface area contributed by atoms with Gasteiger partial charge in [-0.05, 0) is 38.5 Å². The Labute approximate surface area is 170 Å². The fourth-order valence-electron chi connectivity index (χ4n) is 3.69. The molecule has 0 fully saturated rings. The highest BCUT2D eigenvalue weighted by molar-refractivity contribution is 5.67. The van der Waals surface area contributed by atoms with Gasteiger partial charge >= 0.3 is 6.09 Å². The number of amides is 1. The molecule has 0 spiro atoms. The van der Waals surface area contributed by atoms with E-state index in [4.69, 9.17) is 18.9 Å². The van der Waals surface area contributed by atoms with E-state index in [0.717, 1.165) is 0 Å². The third kappa shape index (κ3) is 4.49. The Kier molecular flexibility index (Phi) is 6.07. The lowest BCUT2D eigenvalue weighted by atomic mass is 9.67. The van der Waals surface area contributed by atoms with E-state index < -0.39 is 29.3 Å². The molecule has 0 saturated heterocycles. The third-order valence-electron chi connectivity index (χ3n) is 5.16. The van der Waals surface area contributed by atoms with Gasteiger partial charge in [0.05, 0.1) is 23.7 Å². The Bertz CT molecular complexity index is 773. The Morgan fingerprint density at radius 2 is 2.07 bits per heavy atom. The summed E-state index contributed by atoms with van der Waals surface area (Å²) in [5, 5.41) is 24.7. The molecule has 0 saturated carbocycles. The van der Waals surface area contributed by atoms with Crippen molar-refractivity contribution in [2.45, 2.75) is 56.5 Å². The zero-order valence-corrected chi connectivity index (χ0v) is 17.2. The van der Waals surface area contributed by atoms with Crippen LogP contribution < -0.4 is 14.8 Å². The van der Waals surface area contributed by atoms with Gasteiger partial charge in [-0.3, -0.25) is 0 Å². The molecule has 0 unspecified atom stereocenters. The number of aliphatic hydroxyl groups excluding tert-OH is 2. The van der Waals surface area contributed by atoms with Crippen LogP contribution in [-0.2, 0) is 14.9 Å². The molecule has 3 rings (SSSR count). The lowest BCUT2D eigenvalue weighted by molar-refractivity contribution is -0.0258. The van der Waals surface area contributed by atoms with Crippen molar-refractivity contribution in [2.75, 3.05) is 20.4 Å². The molecule has 160 valence electrons. The molecule has 0 bridgehead atoms. The maximum Gasteiger partial charge on any atom is 0.407 e. The van der Waals surface area contributed by atoms with Crippen molar-refractivity contribution < 1.29 is 34.0 Å². The maximum atomic E-state index is 12.0. The first-order chi connectivity index (χ1) is 13.7. The minimum absolute atomic E-state index is 0.109. The van der Waals surface area contributed by atoms with Gasteiger partial charge in [0.1, 0.15) is 5.60 Å². The van der Waals surface area contributed by atoms with Gasteiger partial charge in [-0.1, -0.05) is 18.2 Å². The van der Waals surface area contributed by atoms with E-state index in [1.165, 1.54) is 0 Å². The highest BCUT2D eigenvalue weighted by Crippen LogP contribution is 2.43. The van der Waals surface area contributed by atoms with Crippen molar-refractivity contribution in [1.82, 2.24) is 5.32 Å². The number of benzene rings is 1. The van der Waals surface area contributed by atoms with Gasteiger partial charge in [0.25, 0.3) is 0 Å². The van der Waals surface area contributed by atoms with E-state index in [1.54, 1.807) is 52.2 Å². The number of carbonyl (C=O) groups is 1. The summed E-state index contributed by atoms with van der Waals surface area (Å²) in [5.74, 6) is 1.15. The van der Waals surface area contributed by atoms with Crippen LogP contribution in [0.3, 0.4) is 0 Å². The normalized spacial score (nSPS) is 26.8. The second-order valence-electron chi connectivity index (χ2n) is 8.28. The Morgan fingerprint density at radius 3 is 2.72 bits per heavy atom. The van der Waals surface area contributed by atoms with Gasteiger partial charge in [-0.2, -0.15) is 0 Å². The first-order valence-corrected chi connectivity index (χ1v) is 9.61. The van der Waals surface area contributed by atoms with Crippen LogP contribution in [0.5, 0.6) is 11.5 Å². The largest absolute Gasteiger partial charge is 0.454 e. The van der Waals surface area contributed by atoms with Crippen LogP contribution in [0.15, 0.2) is 30.4 Å². The molecule has 1 heterocycles. The predicted molar refractivity (Wildman–Crippen MR) is 105 cm³/mol. The van der Waals surface area contributed by atoms with Gasteiger partial charge in [-0.15, -0.1) is 0 Å². The second-order valence-corrected chi connectivity index (χ2v) is 8.28. The molecule has 8 heteroatoms. The number of fused-ring (bicyclic) bond motifs is 1. The number of aliphatic hydroxyl groups is 2. The predicted octanol–water partition coefficient (Wildman–Crippen LogP) is 1.87. The topological polar surface area (TPSA) is 106 Å². The number of nitrogens with one attached hydrogen (secondary N) is 1. The van der Waals surface area contributed by atoms with Crippen LogP contribution in [0.2, 0.25) is 0 Å². The van der Waals surface area contributed by atoms with Crippen molar-refractivity contribution in [3.63, 3.8) is 0 Å². The number of alkyl carbamates (subject to hydrolysis) is 1. The van der Waals surface area contributed by atoms with Crippen LogP contribution in [0.4, 0.5) is 4.79 Å². The fourth-order valence-corrected chi connectivity index (χ4v) is 3.69. The summed E-state index contributed by atoms with van der Waals surface area (Å²) in [6.07, 6.45) is 0.875. The van der Waals surface area contributed by atoms with Gasteiger partial charge in [-0.25, -0.2) is 4.79 Å². The molecule has 1 aromatic rings. The Morgan fingerprint density at radius 1 is 1.34 bits per heavy atom. The molecular weight excluding hydrogens is 378 g/mol. The monoisotopic (exact) mass is 407 g/mol. The third-order valence-corrected chi connectivity index (χ3v) is 5.16. The standard InChI is InChI=1S/C21H29NO7/c1-20(2,3)29-19(25)22-11-18(24)21(8-7-14(26-4)10-17(21)23)13-5-6-15-16(9-13)28-12-27-15/h5-9,14,17-18,23-24H,10-12H2,1-4H3,(H,22,25)/t14-,17-,18-,21+/m0/s1. The van der Waals surface area contributed by atoms with Gasteiger partial charge in [0.2, 0.25) is 6.79 Å². The van der Waals surface area contributed by atoms with Crippen LogP contribution in [0, 0.1) is 0 Å². The van der Waals surface area contributed by atoms with Crippen LogP contribution in [0.25, 0.3) is 0 Å². The molecule has 0 aromatic heterocycles. The smallest absolute Gasteiger partial charge is 0.407 e. The highest BCUT2D eigenvalue weighted by atomic mass is 16.7. The number of hydrogen-bond acceptors (Lipinski definition) is 7. The summed E-state index contributed by atoms with van der Waals surface area (Å²) < 4.78 is 21.4. The van der Waals surface area contributed by atoms with E-state index in [-0.39, 0.29) is 19.4 Å². The zero-order valence-electron chi connectivity index (χ0n) is 17.2. The van der Waals surface area contributed by atoms with Crippen molar-refractivity contribution in [3.05, 3.63) is 35.9 Å². The van der Waals surface area contributed by atoms with E-state index in [2.05, 4.69) is 5.32 Å². The molecule has 3 N–H and O–H groups in total. The minimum atomic E-state index is -1.16. The first kappa shape index (κ1) is 21.4. The van der Waals surface area contributed by atoms with Crippen LogP contribution in [0.1, 0.15) is 32.8 Å². The number of methoxy groups -OCH3 is 1. The van der Waals surface area contributed by atoms with E-state index >= 15 is 0 Å². The number of carbonyl (C=O) groups excluding carboxylic acids is 1. The summed E-state index contributed by atoms with van der Waals surface area (Å²) >= 11 is 0. The molecule has 1 aliphatic heterocycles. The molecule has 1 aromatic carbocycles. The summed E-state index contributed by atoms with van der Waals surface area (Å²) in [4.78, 5) is 12.0. The summed E-state index contributed by atoms with van der Waals surface area (Å²) in [6, 6.07) is 5.28. The summed E-state index contributed by atoms with van der Waals surface area (Å²) in [7, 11) is 1.57. The van der Waals surface area contributed by atoms with Crippen molar-refractivity contribution >= 4 is 6.09 Å². The molecule has 1 aliphatic carbocycles. The van der Waals surface area contributed by atoms with Gasteiger partial charge in [0.15, 0.2) is 11.5 Å². The van der Waals surface area contributed by atoms with E-state index in [9.17, 15) is 15.0 Å². The molecule has 2 aliphatic rings. The average molecular weight is 407 g/mol. The van der Waals surface area contributed by atoms with E-state index in [0.29, 0.717) is 23.5 Å².